The number of halogens is 1. The maximum Gasteiger partial charge on any atom is 0.302 e. The second kappa shape index (κ2) is 5.49. The van der Waals surface area contributed by atoms with Gasteiger partial charge in [-0.05, 0) is 24.6 Å². The van der Waals surface area contributed by atoms with Gasteiger partial charge in [0.15, 0.2) is 0 Å². The van der Waals surface area contributed by atoms with Gasteiger partial charge in [0.1, 0.15) is 0 Å². The minimum Gasteiger partial charge on any atom is -0.389 e. The van der Waals surface area contributed by atoms with Crippen molar-refractivity contribution in [1.82, 2.24) is 0 Å². The average Bonchev–Trinajstić information content (AvgIpc) is 2.68. The first-order valence-corrected chi connectivity index (χ1v) is 7.82. The molecular weight excluding hydrogens is 285 g/mol. The van der Waals surface area contributed by atoms with Gasteiger partial charge in [0.2, 0.25) is 5.91 Å². The highest BCUT2D eigenvalue weighted by atomic mass is 32.3. The molecule has 0 aliphatic carbocycles. The number of aliphatic hydroxyl groups excluding tert-OH is 1. The molecule has 20 heavy (non-hydrogen) atoms. The second-order valence-corrected chi connectivity index (χ2v) is 6.46. The van der Waals surface area contributed by atoms with Crippen molar-refractivity contribution >= 4 is 21.8 Å². The zero-order valence-corrected chi connectivity index (χ0v) is 11.8. The normalized spacial score (nSPS) is 21.2. The number of nitrogens with zero attached hydrogens (tertiary/aromatic N) is 1. The molecule has 1 aromatic rings. The molecule has 1 amide bonds. The number of hydrogen-bond donors (Lipinski definition) is 1. The highest BCUT2D eigenvalue weighted by Gasteiger charge is 2.33. The molecule has 0 aromatic heterocycles. The Labute approximate surface area is 117 Å². The van der Waals surface area contributed by atoms with Crippen LogP contribution in [0.4, 0.5) is 9.57 Å². The zero-order chi connectivity index (χ0) is 14.9. The Morgan fingerprint density at radius 3 is 2.80 bits per heavy atom. The molecule has 7 heteroatoms. The number of carbonyl (C=O) groups is 1. The highest BCUT2D eigenvalue weighted by molar-refractivity contribution is 7.86. The monoisotopic (exact) mass is 301 g/mol. The topological polar surface area (TPSA) is 74.7 Å². The number of carbonyl (C=O) groups excluding carboxylic acids is 1. The van der Waals surface area contributed by atoms with Crippen LogP contribution in [0.3, 0.4) is 0 Å². The van der Waals surface area contributed by atoms with Crippen molar-refractivity contribution in [2.24, 2.45) is 5.92 Å². The van der Waals surface area contributed by atoms with Crippen molar-refractivity contribution < 1.29 is 22.2 Å². The lowest BCUT2D eigenvalue weighted by Crippen LogP contribution is -2.25. The van der Waals surface area contributed by atoms with Gasteiger partial charge in [-0.25, -0.2) is 0 Å². The minimum absolute atomic E-state index is 0.0159. The lowest BCUT2D eigenvalue weighted by Gasteiger charge is -2.18. The molecule has 1 N–H and O–H groups in total. The van der Waals surface area contributed by atoms with E-state index in [9.17, 15) is 22.2 Å². The highest BCUT2D eigenvalue weighted by Crippen LogP contribution is 2.28. The molecule has 0 saturated carbocycles. The van der Waals surface area contributed by atoms with Crippen LogP contribution in [0.25, 0.3) is 0 Å². The summed E-state index contributed by atoms with van der Waals surface area (Å²) in [5.74, 6) is -1.40. The summed E-state index contributed by atoms with van der Waals surface area (Å²) in [6, 6.07) is 6.83. The SMILES string of the molecule is CC(O)c1cccc(N2CC(CS(=O)(=O)F)CC2=O)c1. The van der Waals surface area contributed by atoms with E-state index in [1.165, 1.54) is 4.90 Å². The quantitative estimate of drug-likeness (QED) is 0.853. The van der Waals surface area contributed by atoms with E-state index in [1.54, 1.807) is 31.2 Å². The number of benzene rings is 1. The molecule has 1 fully saturated rings. The molecule has 1 aliphatic heterocycles. The van der Waals surface area contributed by atoms with E-state index in [0.29, 0.717) is 11.3 Å². The average molecular weight is 301 g/mol. The lowest BCUT2D eigenvalue weighted by atomic mass is 10.1. The summed E-state index contributed by atoms with van der Waals surface area (Å²) in [6.07, 6.45) is -0.642. The number of rotatable bonds is 4. The minimum atomic E-state index is -4.58. The van der Waals surface area contributed by atoms with Gasteiger partial charge in [-0.15, -0.1) is 3.89 Å². The number of anilines is 1. The van der Waals surface area contributed by atoms with Crippen molar-refractivity contribution in [2.75, 3.05) is 17.2 Å². The standard InChI is InChI=1S/C13H16FNO4S/c1-9(16)11-3-2-4-12(6-11)15-7-10(5-13(15)17)8-20(14,18)19/h2-4,6,9-10,16H,5,7-8H2,1H3. The van der Waals surface area contributed by atoms with E-state index in [4.69, 9.17) is 0 Å². The number of hydrogen-bond acceptors (Lipinski definition) is 4. The summed E-state index contributed by atoms with van der Waals surface area (Å²) >= 11 is 0. The maximum absolute atomic E-state index is 12.7. The zero-order valence-electron chi connectivity index (χ0n) is 11.0. The predicted molar refractivity (Wildman–Crippen MR) is 72.4 cm³/mol. The van der Waals surface area contributed by atoms with Crippen LogP contribution in [0.1, 0.15) is 25.0 Å². The van der Waals surface area contributed by atoms with Crippen LogP contribution in [-0.2, 0) is 15.0 Å². The van der Waals surface area contributed by atoms with E-state index in [1.807, 2.05) is 0 Å². The molecule has 1 aliphatic rings. The molecule has 2 atom stereocenters. The molecule has 110 valence electrons. The van der Waals surface area contributed by atoms with Gasteiger partial charge < -0.3 is 10.0 Å². The van der Waals surface area contributed by atoms with Gasteiger partial charge in [0.05, 0.1) is 11.9 Å². The van der Waals surface area contributed by atoms with Gasteiger partial charge in [-0.3, -0.25) is 4.79 Å². The van der Waals surface area contributed by atoms with Gasteiger partial charge in [0, 0.05) is 24.6 Å². The van der Waals surface area contributed by atoms with Crippen LogP contribution < -0.4 is 4.90 Å². The Morgan fingerprint density at radius 2 is 2.20 bits per heavy atom. The van der Waals surface area contributed by atoms with Crippen molar-refractivity contribution in [3.05, 3.63) is 29.8 Å². The van der Waals surface area contributed by atoms with Crippen LogP contribution in [0.2, 0.25) is 0 Å². The first-order chi connectivity index (χ1) is 9.26. The molecule has 1 saturated heterocycles. The molecule has 1 aromatic carbocycles. The van der Waals surface area contributed by atoms with Gasteiger partial charge >= 0.3 is 10.2 Å². The first-order valence-electron chi connectivity index (χ1n) is 6.27. The third-order valence-corrected chi connectivity index (χ3v) is 4.17. The maximum atomic E-state index is 12.7. The predicted octanol–water partition coefficient (Wildman–Crippen LogP) is 1.39. The summed E-state index contributed by atoms with van der Waals surface area (Å²) in [5.41, 5.74) is 1.25. The fourth-order valence-electron chi connectivity index (χ4n) is 2.38. The van der Waals surface area contributed by atoms with Gasteiger partial charge in [-0.2, -0.15) is 8.42 Å². The molecule has 1 heterocycles. The Bertz CT molecular complexity index is 615. The van der Waals surface area contributed by atoms with Crippen molar-refractivity contribution in [1.29, 1.82) is 0 Å². The summed E-state index contributed by atoms with van der Waals surface area (Å²) in [7, 11) is -4.58. The molecule has 5 nitrogen and oxygen atoms in total. The van der Waals surface area contributed by atoms with Crippen molar-refractivity contribution in [3.8, 4) is 0 Å². The Kier molecular flexibility index (Phi) is 4.10. The third-order valence-electron chi connectivity index (χ3n) is 3.30. The third kappa shape index (κ3) is 3.55. The van der Waals surface area contributed by atoms with E-state index in [-0.39, 0.29) is 18.9 Å². The first kappa shape index (κ1) is 14.9. The van der Waals surface area contributed by atoms with E-state index in [0.717, 1.165) is 0 Å². The van der Waals surface area contributed by atoms with Crippen LogP contribution >= 0.6 is 0 Å². The van der Waals surface area contributed by atoms with Crippen LogP contribution in [-0.4, -0.2) is 31.7 Å². The van der Waals surface area contributed by atoms with Crippen LogP contribution in [0, 0.1) is 5.92 Å². The molecule has 2 rings (SSSR count). The lowest BCUT2D eigenvalue weighted by molar-refractivity contribution is -0.117. The summed E-state index contributed by atoms with van der Waals surface area (Å²) < 4.78 is 34.0. The van der Waals surface area contributed by atoms with Crippen molar-refractivity contribution in [2.45, 2.75) is 19.4 Å². The molecule has 0 radical (unpaired) electrons. The summed E-state index contributed by atoms with van der Waals surface area (Å²) in [6.45, 7) is 1.79. The van der Waals surface area contributed by atoms with Gasteiger partial charge in [-0.1, -0.05) is 12.1 Å². The molecule has 2 unspecified atom stereocenters. The Morgan fingerprint density at radius 1 is 1.50 bits per heavy atom. The smallest absolute Gasteiger partial charge is 0.302 e. The summed E-state index contributed by atoms with van der Waals surface area (Å²) in [4.78, 5) is 13.3. The van der Waals surface area contributed by atoms with E-state index < -0.39 is 28.0 Å². The fourth-order valence-corrected chi connectivity index (χ4v) is 3.16. The fraction of sp³-hybridized carbons (Fsp3) is 0.462. The number of aliphatic hydroxyl groups is 1. The summed E-state index contributed by atoms with van der Waals surface area (Å²) in [5, 5.41) is 9.53. The second-order valence-electron chi connectivity index (χ2n) is 5.05. The number of amides is 1. The molecular formula is C13H16FNO4S. The van der Waals surface area contributed by atoms with Gasteiger partial charge in [0.25, 0.3) is 0 Å². The van der Waals surface area contributed by atoms with E-state index >= 15 is 0 Å². The van der Waals surface area contributed by atoms with Crippen LogP contribution in [0.15, 0.2) is 24.3 Å². The Hall–Kier alpha value is -1.47. The molecule has 0 spiro atoms. The Balaban J connectivity index is 2.17. The molecule has 0 bridgehead atoms. The van der Waals surface area contributed by atoms with Crippen molar-refractivity contribution in [3.63, 3.8) is 0 Å². The van der Waals surface area contributed by atoms with Crippen LogP contribution in [0.5, 0.6) is 0 Å². The van der Waals surface area contributed by atoms with E-state index in [2.05, 4.69) is 0 Å². The largest absolute Gasteiger partial charge is 0.389 e.